The predicted molar refractivity (Wildman–Crippen MR) is 79.2 cm³/mol. The van der Waals surface area contributed by atoms with E-state index >= 15 is 0 Å². The molecule has 2 N–H and O–H groups in total. The number of carboxylic acids is 1. The minimum Gasteiger partial charge on any atom is -0.480 e. The van der Waals surface area contributed by atoms with Crippen LogP contribution in [0.1, 0.15) is 31.9 Å². The van der Waals surface area contributed by atoms with Gasteiger partial charge in [-0.15, -0.1) is 0 Å². The molecule has 20 heavy (non-hydrogen) atoms. The lowest BCUT2D eigenvalue weighted by Crippen LogP contribution is -2.48. The fourth-order valence-electron chi connectivity index (χ4n) is 1.69. The normalized spacial score (nSPS) is 13.2. The second-order valence-corrected chi connectivity index (χ2v) is 5.89. The van der Waals surface area contributed by atoms with Gasteiger partial charge < -0.3 is 10.4 Å². The lowest BCUT2D eigenvalue weighted by Gasteiger charge is -2.27. The molecule has 0 aromatic heterocycles. The standard InChI is InChI=1S/C16H21NO3/c1-11-5-7-12(8-6-11)9-10-13(18)17-14(15(19)20)16(2,3)4/h5-10,14H,1-4H3,(H,17,18)(H,19,20)/b10-9+/t14-/m0/s1. The average Bonchev–Trinajstić information content (AvgIpc) is 2.33. The lowest BCUT2D eigenvalue weighted by atomic mass is 9.87. The summed E-state index contributed by atoms with van der Waals surface area (Å²) in [6, 6.07) is 6.78. The van der Waals surface area contributed by atoms with Crippen molar-refractivity contribution in [2.45, 2.75) is 33.7 Å². The van der Waals surface area contributed by atoms with Crippen LogP contribution in [0.5, 0.6) is 0 Å². The van der Waals surface area contributed by atoms with Crippen LogP contribution in [-0.2, 0) is 9.59 Å². The Hall–Kier alpha value is -2.10. The molecule has 0 radical (unpaired) electrons. The molecule has 1 atom stereocenters. The Balaban J connectivity index is 2.71. The third-order valence-electron chi connectivity index (χ3n) is 2.90. The smallest absolute Gasteiger partial charge is 0.326 e. The molecule has 1 aromatic carbocycles. The van der Waals surface area contributed by atoms with E-state index in [9.17, 15) is 9.59 Å². The molecule has 1 aromatic rings. The van der Waals surface area contributed by atoms with Gasteiger partial charge in [0.05, 0.1) is 0 Å². The summed E-state index contributed by atoms with van der Waals surface area (Å²) in [7, 11) is 0. The zero-order valence-corrected chi connectivity index (χ0v) is 12.3. The fourth-order valence-corrected chi connectivity index (χ4v) is 1.69. The second-order valence-electron chi connectivity index (χ2n) is 5.89. The zero-order valence-electron chi connectivity index (χ0n) is 12.3. The molecule has 0 aliphatic heterocycles. The average molecular weight is 275 g/mol. The third-order valence-corrected chi connectivity index (χ3v) is 2.90. The predicted octanol–water partition coefficient (Wildman–Crippen LogP) is 2.62. The minimum atomic E-state index is -1.03. The number of rotatable bonds is 4. The highest BCUT2D eigenvalue weighted by Gasteiger charge is 2.31. The molecule has 0 spiro atoms. The van der Waals surface area contributed by atoms with Gasteiger partial charge >= 0.3 is 5.97 Å². The molecule has 0 unspecified atom stereocenters. The van der Waals surface area contributed by atoms with Crippen molar-refractivity contribution in [3.05, 3.63) is 41.5 Å². The summed E-state index contributed by atoms with van der Waals surface area (Å²) in [6.45, 7) is 7.31. The van der Waals surface area contributed by atoms with Crippen molar-refractivity contribution in [1.29, 1.82) is 0 Å². The molecule has 0 heterocycles. The topological polar surface area (TPSA) is 66.4 Å². The molecule has 0 aliphatic rings. The van der Waals surface area contributed by atoms with Gasteiger partial charge in [-0.05, 0) is 24.0 Å². The van der Waals surface area contributed by atoms with E-state index in [2.05, 4.69) is 5.32 Å². The molecule has 0 aliphatic carbocycles. The van der Waals surface area contributed by atoms with E-state index in [1.165, 1.54) is 6.08 Å². The van der Waals surface area contributed by atoms with Crippen LogP contribution < -0.4 is 5.32 Å². The van der Waals surface area contributed by atoms with Crippen molar-refractivity contribution in [1.82, 2.24) is 5.32 Å². The van der Waals surface area contributed by atoms with Gasteiger partial charge in [-0.1, -0.05) is 50.6 Å². The fraction of sp³-hybridized carbons (Fsp3) is 0.375. The Morgan fingerprint density at radius 1 is 1.20 bits per heavy atom. The number of carbonyl (C=O) groups is 2. The highest BCUT2D eigenvalue weighted by atomic mass is 16.4. The van der Waals surface area contributed by atoms with Gasteiger partial charge in [-0.25, -0.2) is 4.79 Å². The Morgan fingerprint density at radius 2 is 1.75 bits per heavy atom. The van der Waals surface area contributed by atoms with E-state index in [0.717, 1.165) is 11.1 Å². The number of aliphatic carboxylic acids is 1. The van der Waals surface area contributed by atoms with Crippen LogP contribution in [0.4, 0.5) is 0 Å². The first kappa shape index (κ1) is 16.0. The van der Waals surface area contributed by atoms with Gasteiger partial charge in [0.2, 0.25) is 5.91 Å². The van der Waals surface area contributed by atoms with E-state index < -0.39 is 23.3 Å². The molecule has 4 heteroatoms. The van der Waals surface area contributed by atoms with Crippen LogP contribution in [0, 0.1) is 12.3 Å². The molecule has 108 valence electrons. The van der Waals surface area contributed by atoms with Crippen molar-refractivity contribution in [2.75, 3.05) is 0 Å². The van der Waals surface area contributed by atoms with Crippen molar-refractivity contribution in [3.8, 4) is 0 Å². The lowest BCUT2D eigenvalue weighted by molar-refractivity contribution is -0.144. The summed E-state index contributed by atoms with van der Waals surface area (Å²) in [5.74, 6) is -1.44. The first-order valence-electron chi connectivity index (χ1n) is 6.48. The monoisotopic (exact) mass is 275 g/mol. The molecule has 0 saturated carbocycles. The first-order chi connectivity index (χ1) is 9.20. The summed E-state index contributed by atoms with van der Waals surface area (Å²) in [5.41, 5.74) is 1.50. The van der Waals surface area contributed by atoms with Gasteiger partial charge in [-0.2, -0.15) is 0 Å². The number of hydrogen-bond donors (Lipinski definition) is 2. The van der Waals surface area contributed by atoms with E-state index in [0.29, 0.717) is 0 Å². The Bertz CT molecular complexity index is 510. The summed E-state index contributed by atoms with van der Waals surface area (Å²) in [5, 5.41) is 11.6. The highest BCUT2D eigenvalue weighted by Crippen LogP contribution is 2.19. The number of carboxylic acid groups (broad SMARTS) is 1. The van der Waals surface area contributed by atoms with Crippen LogP contribution in [0.2, 0.25) is 0 Å². The number of hydrogen-bond acceptors (Lipinski definition) is 2. The molecule has 1 amide bonds. The zero-order chi connectivity index (χ0) is 15.3. The minimum absolute atomic E-state index is 0.409. The van der Waals surface area contributed by atoms with Gasteiger partial charge in [0.1, 0.15) is 6.04 Å². The van der Waals surface area contributed by atoms with E-state index in [-0.39, 0.29) is 0 Å². The number of nitrogens with one attached hydrogen (secondary N) is 1. The van der Waals surface area contributed by atoms with Crippen LogP contribution in [0.15, 0.2) is 30.3 Å². The van der Waals surface area contributed by atoms with Gasteiger partial charge in [-0.3, -0.25) is 4.79 Å². The maximum absolute atomic E-state index is 11.8. The van der Waals surface area contributed by atoms with Crippen molar-refractivity contribution in [2.24, 2.45) is 5.41 Å². The number of benzene rings is 1. The molecule has 0 fully saturated rings. The maximum atomic E-state index is 11.8. The quantitative estimate of drug-likeness (QED) is 0.830. The Kier molecular flexibility index (Phi) is 5.08. The molecular weight excluding hydrogens is 254 g/mol. The van der Waals surface area contributed by atoms with Crippen LogP contribution >= 0.6 is 0 Å². The summed E-state index contributed by atoms with van der Waals surface area (Å²) >= 11 is 0. The first-order valence-corrected chi connectivity index (χ1v) is 6.48. The van der Waals surface area contributed by atoms with Gasteiger partial charge in [0.15, 0.2) is 0 Å². The van der Waals surface area contributed by atoms with E-state index in [4.69, 9.17) is 5.11 Å². The van der Waals surface area contributed by atoms with E-state index in [1.807, 2.05) is 31.2 Å². The molecular formula is C16H21NO3. The number of aryl methyl sites for hydroxylation is 1. The summed E-state index contributed by atoms with van der Waals surface area (Å²) < 4.78 is 0. The Morgan fingerprint density at radius 3 is 2.20 bits per heavy atom. The Labute approximate surface area is 119 Å². The van der Waals surface area contributed by atoms with Gasteiger partial charge in [0, 0.05) is 6.08 Å². The maximum Gasteiger partial charge on any atom is 0.326 e. The number of amides is 1. The summed E-state index contributed by atoms with van der Waals surface area (Å²) in [4.78, 5) is 22.9. The highest BCUT2D eigenvalue weighted by molar-refractivity contribution is 5.94. The largest absolute Gasteiger partial charge is 0.480 e. The molecule has 4 nitrogen and oxygen atoms in total. The SMILES string of the molecule is Cc1ccc(/C=C/C(=O)N[C@@H](C(=O)O)C(C)(C)C)cc1. The molecule has 0 bridgehead atoms. The molecule has 1 rings (SSSR count). The van der Waals surface area contributed by atoms with Crippen molar-refractivity contribution < 1.29 is 14.7 Å². The van der Waals surface area contributed by atoms with Crippen molar-refractivity contribution in [3.63, 3.8) is 0 Å². The second kappa shape index (κ2) is 6.37. The third kappa shape index (κ3) is 4.88. The summed E-state index contributed by atoms with van der Waals surface area (Å²) in [6.07, 6.45) is 3.02. The van der Waals surface area contributed by atoms with Crippen LogP contribution in [0.3, 0.4) is 0 Å². The molecule has 0 saturated heterocycles. The van der Waals surface area contributed by atoms with Gasteiger partial charge in [0.25, 0.3) is 0 Å². The number of carbonyl (C=O) groups excluding carboxylic acids is 1. The van der Waals surface area contributed by atoms with Crippen LogP contribution in [-0.4, -0.2) is 23.0 Å². The van der Waals surface area contributed by atoms with Crippen molar-refractivity contribution >= 4 is 18.0 Å². The van der Waals surface area contributed by atoms with Crippen LogP contribution in [0.25, 0.3) is 6.08 Å². The van der Waals surface area contributed by atoms with E-state index in [1.54, 1.807) is 26.8 Å².